The van der Waals surface area contributed by atoms with Gasteiger partial charge in [-0.25, -0.2) is 18.0 Å². The number of nitrogens with one attached hydrogen (secondary N) is 2. The fourth-order valence-corrected chi connectivity index (χ4v) is 9.05. The highest BCUT2D eigenvalue weighted by molar-refractivity contribution is 6.12. The topological polar surface area (TPSA) is 150 Å². The predicted octanol–water partition coefficient (Wildman–Crippen LogP) is 9.34. The number of anilines is 3. The molecule has 4 aromatic carbocycles. The Morgan fingerprint density at radius 3 is 1.82 bits per heavy atom. The number of hydrogen-bond donors (Lipinski definition) is 2. The zero-order chi connectivity index (χ0) is 45.4. The zero-order valence-electron chi connectivity index (χ0n) is 35.0. The van der Waals surface area contributed by atoms with E-state index in [9.17, 15) is 36.3 Å². The number of ether oxygens (including phenoxy) is 3. The van der Waals surface area contributed by atoms with Crippen LogP contribution in [0.25, 0.3) is 21.8 Å². The smallest absolute Gasteiger partial charge is 0.360 e. The van der Waals surface area contributed by atoms with E-state index in [1.54, 1.807) is 72.2 Å². The van der Waals surface area contributed by atoms with E-state index >= 15 is 0 Å². The molecule has 65 heavy (non-hydrogen) atoms. The summed E-state index contributed by atoms with van der Waals surface area (Å²) >= 11 is 0. The van der Waals surface area contributed by atoms with Crippen LogP contribution in [-0.4, -0.2) is 72.7 Å². The number of esters is 1. The summed E-state index contributed by atoms with van der Waals surface area (Å²) in [5.74, 6) is -13.9. The Bertz CT molecular complexity index is 3160. The summed E-state index contributed by atoms with van der Waals surface area (Å²) in [5, 5.41) is 10.2. The van der Waals surface area contributed by atoms with Gasteiger partial charge in [-0.2, -0.15) is 8.78 Å². The highest BCUT2D eigenvalue weighted by atomic mass is 19.2. The van der Waals surface area contributed by atoms with E-state index in [2.05, 4.69) is 29.8 Å². The van der Waals surface area contributed by atoms with Crippen LogP contribution in [0, 0.1) is 29.1 Å². The molecule has 2 N–H and O–H groups in total. The van der Waals surface area contributed by atoms with Gasteiger partial charge >= 0.3 is 5.97 Å². The lowest BCUT2D eigenvalue weighted by Gasteiger charge is -2.21. The molecule has 332 valence electrons. The Hall–Kier alpha value is -7.70. The minimum atomic E-state index is -2.38. The first-order chi connectivity index (χ1) is 31.3. The Labute approximate surface area is 365 Å². The summed E-state index contributed by atoms with van der Waals surface area (Å²) in [7, 11) is 4.96. The van der Waals surface area contributed by atoms with Crippen LogP contribution in [0.1, 0.15) is 55.4 Å². The van der Waals surface area contributed by atoms with Crippen molar-refractivity contribution in [3.63, 3.8) is 0 Å². The van der Waals surface area contributed by atoms with Gasteiger partial charge in [0.25, 0.3) is 11.8 Å². The number of rotatable bonds is 9. The van der Waals surface area contributed by atoms with E-state index in [1.807, 2.05) is 18.2 Å². The molecule has 19 heteroatoms. The number of nitrogens with zero attached hydrogens (tertiary/aromatic N) is 6. The number of benzene rings is 4. The van der Waals surface area contributed by atoms with Gasteiger partial charge in [-0.05, 0) is 79.3 Å². The molecule has 1 saturated heterocycles. The average Bonchev–Trinajstić information content (AvgIpc) is 4.18. The van der Waals surface area contributed by atoms with Crippen LogP contribution in [0.4, 0.5) is 50.4 Å². The second-order valence-corrected chi connectivity index (χ2v) is 15.9. The number of carbonyl (C=O) groups excluding carboxylic acids is 3. The Morgan fingerprint density at radius 2 is 1.20 bits per heavy atom. The molecule has 0 unspecified atom stereocenters. The van der Waals surface area contributed by atoms with Gasteiger partial charge in [-0.1, -0.05) is 0 Å². The minimum absolute atomic E-state index is 0.230. The lowest BCUT2D eigenvalue weighted by atomic mass is 10.1. The molecule has 14 nitrogen and oxygen atoms in total. The summed E-state index contributed by atoms with van der Waals surface area (Å²) in [6, 6.07) is 15.4. The quantitative estimate of drug-likeness (QED) is 0.0366. The molecule has 0 spiro atoms. The molecule has 2 amide bonds. The number of aryl methyl sites for hydroxylation is 1. The highest BCUT2D eigenvalue weighted by Crippen LogP contribution is 2.43. The molecule has 0 bridgehead atoms. The highest BCUT2D eigenvalue weighted by Gasteiger charge is 2.34. The molecule has 7 aromatic rings. The Morgan fingerprint density at radius 1 is 0.631 bits per heavy atom. The van der Waals surface area contributed by atoms with Gasteiger partial charge in [0, 0.05) is 84.7 Å². The molecule has 0 aliphatic carbocycles. The lowest BCUT2D eigenvalue weighted by molar-refractivity contribution is 0.0710. The van der Waals surface area contributed by atoms with Gasteiger partial charge in [0.15, 0.2) is 0 Å². The molecule has 3 aliphatic rings. The second kappa shape index (κ2) is 15.8. The maximum absolute atomic E-state index is 14.2. The van der Waals surface area contributed by atoms with E-state index in [4.69, 9.17) is 9.47 Å². The number of aromatic nitrogens is 3. The van der Waals surface area contributed by atoms with Crippen molar-refractivity contribution >= 4 is 68.0 Å². The first kappa shape index (κ1) is 41.3. The first-order valence-electron chi connectivity index (χ1n) is 20.6. The number of hydrogen-bond acceptors (Lipinski definition) is 9. The number of azo groups is 1. The van der Waals surface area contributed by atoms with E-state index in [-0.39, 0.29) is 24.1 Å². The number of H-pyrrole nitrogens is 2. The largest absolute Gasteiger partial charge is 0.494 e. The van der Waals surface area contributed by atoms with Crippen molar-refractivity contribution in [2.75, 3.05) is 55.1 Å². The summed E-state index contributed by atoms with van der Waals surface area (Å²) in [4.78, 5) is 52.6. The number of aromatic amines is 2. The molecule has 0 radical (unpaired) electrons. The maximum atomic E-state index is 14.2. The second-order valence-electron chi connectivity index (χ2n) is 15.9. The number of carbonyl (C=O) groups is 3. The summed E-state index contributed by atoms with van der Waals surface area (Å²) in [6.45, 7) is 2.56. The molecule has 0 saturated carbocycles. The van der Waals surface area contributed by atoms with Crippen LogP contribution < -0.4 is 28.9 Å². The van der Waals surface area contributed by atoms with E-state index in [0.717, 1.165) is 48.3 Å². The van der Waals surface area contributed by atoms with Gasteiger partial charge in [0.05, 0.1) is 19.9 Å². The number of methoxy groups -OCH3 is 2. The fraction of sp³-hybridized carbons (Fsp3) is 0.239. The van der Waals surface area contributed by atoms with Crippen LogP contribution >= 0.6 is 0 Å². The minimum Gasteiger partial charge on any atom is -0.494 e. The van der Waals surface area contributed by atoms with Crippen molar-refractivity contribution in [2.24, 2.45) is 17.3 Å². The normalized spacial score (nSPS) is 14.6. The van der Waals surface area contributed by atoms with E-state index in [0.29, 0.717) is 81.3 Å². The van der Waals surface area contributed by atoms with Crippen LogP contribution in [0.2, 0.25) is 0 Å². The first-order valence-corrected chi connectivity index (χ1v) is 20.6. The van der Waals surface area contributed by atoms with E-state index in [1.165, 1.54) is 6.07 Å². The summed E-state index contributed by atoms with van der Waals surface area (Å²) in [5.41, 5.74) is 6.28. The van der Waals surface area contributed by atoms with Crippen molar-refractivity contribution in [3.8, 4) is 17.2 Å². The number of fused-ring (bicyclic) bond motifs is 6. The zero-order valence-corrected chi connectivity index (χ0v) is 35.0. The molecule has 3 aliphatic heterocycles. The van der Waals surface area contributed by atoms with Crippen molar-refractivity contribution < 1.29 is 50.5 Å². The molecule has 6 heterocycles. The lowest BCUT2D eigenvalue weighted by Crippen LogP contribution is -2.30. The van der Waals surface area contributed by atoms with E-state index < -0.39 is 40.8 Å². The number of amides is 2. The molecular weight excluding hydrogens is 856 g/mol. The summed E-state index contributed by atoms with van der Waals surface area (Å²) in [6.07, 6.45) is 4.86. The SMILES string of the molecule is COc1cc(N2CCCC2)c(OC)cc1N=Nc1cc(C(=O)N2CCc3c2ccc2[nH]c(C(=O)N4CCc5c4ccc4[nH]c(C(=O)Oc6c(F)c(F)c(F)c(F)c6F)cc54)cc32)n(C)c1. The standard InChI is InChI=1S/C46H37F5N8O6/c1-56-21-22(54-55-29-19-37(64-3)34(20-36(29)63-2)57-12-4-5-13-57)16-35(56)45(61)59-15-11-23-25-17-30(52-27(25)6-9-33(23)59)44(60)58-14-10-24-26-18-31(53-28(26)7-8-32(24)58)46(62)65-43-41(50)39(48)38(47)40(49)42(43)51/h6-9,16-21,52-53H,4-5,10-15H2,1-3H3. The van der Waals surface area contributed by atoms with Gasteiger partial charge in [0.2, 0.25) is 34.8 Å². The number of halogens is 5. The Balaban J connectivity index is 0.863. The fourth-order valence-electron chi connectivity index (χ4n) is 9.05. The van der Waals surface area contributed by atoms with Gasteiger partial charge in [-0.3, -0.25) is 9.59 Å². The van der Waals surface area contributed by atoms with Gasteiger partial charge < -0.3 is 43.4 Å². The third-order valence-electron chi connectivity index (χ3n) is 12.2. The van der Waals surface area contributed by atoms with Crippen LogP contribution in [0.5, 0.6) is 17.2 Å². The van der Waals surface area contributed by atoms with Gasteiger partial charge in [-0.15, -0.1) is 10.2 Å². The molecular formula is C46H37F5N8O6. The Kier molecular flexibility index (Phi) is 10.1. The third kappa shape index (κ3) is 6.80. The van der Waals surface area contributed by atoms with Crippen molar-refractivity contribution in [2.45, 2.75) is 25.7 Å². The van der Waals surface area contributed by atoms with Crippen molar-refractivity contribution in [1.29, 1.82) is 0 Å². The molecule has 0 atom stereocenters. The molecule has 10 rings (SSSR count). The third-order valence-corrected chi connectivity index (χ3v) is 12.2. The average molecular weight is 893 g/mol. The monoisotopic (exact) mass is 892 g/mol. The van der Waals surface area contributed by atoms with Gasteiger partial charge in [0.1, 0.15) is 40.0 Å². The molecule has 3 aromatic heterocycles. The van der Waals surface area contributed by atoms with Crippen molar-refractivity contribution in [1.82, 2.24) is 14.5 Å². The summed E-state index contributed by atoms with van der Waals surface area (Å²) < 4.78 is 87.2. The predicted molar refractivity (Wildman–Crippen MR) is 229 cm³/mol. The van der Waals surface area contributed by atoms with Crippen LogP contribution in [0.3, 0.4) is 0 Å². The van der Waals surface area contributed by atoms with Crippen LogP contribution in [-0.2, 0) is 19.9 Å². The van der Waals surface area contributed by atoms with Crippen LogP contribution in [0.15, 0.2) is 71.0 Å². The van der Waals surface area contributed by atoms with Crippen molar-refractivity contribution in [3.05, 3.63) is 118 Å². The maximum Gasteiger partial charge on any atom is 0.360 e. The molecule has 1 fully saturated rings.